The molecule has 0 saturated carbocycles. The predicted molar refractivity (Wildman–Crippen MR) is 82.9 cm³/mol. The van der Waals surface area contributed by atoms with E-state index in [1.165, 1.54) is 0 Å². The number of benzene rings is 1. The van der Waals surface area contributed by atoms with Gasteiger partial charge in [0.2, 0.25) is 11.8 Å². The van der Waals surface area contributed by atoms with Crippen LogP contribution in [0.3, 0.4) is 0 Å². The molecule has 6 nitrogen and oxygen atoms in total. The fourth-order valence-electron chi connectivity index (χ4n) is 2.60. The van der Waals surface area contributed by atoms with Crippen molar-refractivity contribution in [2.45, 2.75) is 6.54 Å². The number of aromatic nitrogens is 1. The molecule has 2 N–H and O–H groups in total. The van der Waals surface area contributed by atoms with E-state index in [-0.39, 0.29) is 12.5 Å². The molecule has 1 fully saturated rings. The standard InChI is InChI=1S/C16H20N4O2/c17-10-16(21)20-8-6-19(7-9-20)12-15-18-11-14(22-15)13-4-2-1-3-5-13/h1-5,11H,6-10,12,17H2. The second kappa shape index (κ2) is 6.72. The van der Waals surface area contributed by atoms with Crippen molar-refractivity contribution in [1.29, 1.82) is 0 Å². The lowest BCUT2D eigenvalue weighted by molar-refractivity contribution is -0.131. The summed E-state index contributed by atoms with van der Waals surface area (Å²) in [4.78, 5) is 19.9. The second-order valence-electron chi connectivity index (χ2n) is 5.35. The van der Waals surface area contributed by atoms with E-state index in [0.29, 0.717) is 25.5 Å². The Morgan fingerprint density at radius 1 is 1.18 bits per heavy atom. The topological polar surface area (TPSA) is 75.6 Å². The van der Waals surface area contributed by atoms with Crippen LogP contribution in [-0.2, 0) is 11.3 Å². The monoisotopic (exact) mass is 300 g/mol. The van der Waals surface area contributed by atoms with Crippen LogP contribution in [0.2, 0.25) is 0 Å². The molecule has 2 aromatic rings. The Labute approximate surface area is 129 Å². The van der Waals surface area contributed by atoms with Gasteiger partial charge < -0.3 is 15.1 Å². The third kappa shape index (κ3) is 3.35. The number of carbonyl (C=O) groups excluding carboxylic acids is 1. The number of hydrogen-bond donors (Lipinski definition) is 1. The molecule has 1 amide bonds. The van der Waals surface area contributed by atoms with E-state index >= 15 is 0 Å². The van der Waals surface area contributed by atoms with Crippen molar-refractivity contribution < 1.29 is 9.21 Å². The van der Waals surface area contributed by atoms with Gasteiger partial charge in [0, 0.05) is 31.7 Å². The van der Waals surface area contributed by atoms with Gasteiger partial charge in [0.1, 0.15) is 0 Å². The van der Waals surface area contributed by atoms with Crippen LogP contribution in [0.1, 0.15) is 5.89 Å². The lowest BCUT2D eigenvalue weighted by Gasteiger charge is -2.33. The Bertz CT molecular complexity index is 618. The van der Waals surface area contributed by atoms with E-state index in [4.69, 9.17) is 10.2 Å². The van der Waals surface area contributed by atoms with Crippen LogP contribution in [0.5, 0.6) is 0 Å². The maximum atomic E-state index is 11.5. The number of hydrogen-bond acceptors (Lipinski definition) is 5. The number of oxazole rings is 1. The summed E-state index contributed by atoms with van der Waals surface area (Å²) in [6.45, 7) is 3.80. The van der Waals surface area contributed by atoms with Crippen molar-refractivity contribution in [2.24, 2.45) is 5.73 Å². The Balaban J connectivity index is 1.57. The van der Waals surface area contributed by atoms with Gasteiger partial charge in [0.05, 0.1) is 19.3 Å². The van der Waals surface area contributed by atoms with Crippen LogP contribution in [0.4, 0.5) is 0 Å². The minimum Gasteiger partial charge on any atom is -0.439 e. The van der Waals surface area contributed by atoms with Crippen LogP contribution in [0.25, 0.3) is 11.3 Å². The van der Waals surface area contributed by atoms with Gasteiger partial charge in [-0.1, -0.05) is 30.3 Å². The van der Waals surface area contributed by atoms with Crippen LogP contribution in [0.15, 0.2) is 40.9 Å². The molecule has 1 aromatic heterocycles. The van der Waals surface area contributed by atoms with Crippen molar-refractivity contribution in [1.82, 2.24) is 14.8 Å². The molecule has 0 aliphatic carbocycles. The average molecular weight is 300 g/mol. The molecule has 1 aliphatic heterocycles. The zero-order chi connectivity index (χ0) is 15.4. The second-order valence-corrected chi connectivity index (χ2v) is 5.35. The maximum Gasteiger partial charge on any atom is 0.236 e. The number of rotatable bonds is 4. The smallest absolute Gasteiger partial charge is 0.236 e. The van der Waals surface area contributed by atoms with Crippen LogP contribution >= 0.6 is 0 Å². The van der Waals surface area contributed by atoms with E-state index in [9.17, 15) is 4.79 Å². The predicted octanol–water partition coefficient (Wildman–Crippen LogP) is 0.944. The highest BCUT2D eigenvalue weighted by atomic mass is 16.4. The van der Waals surface area contributed by atoms with Gasteiger partial charge in [0.25, 0.3) is 0 Å². The number of piperazine rings is 1. The Hall–Kier alpha value is -2.18. The molecular weight excluding hydrogens is 280 g/mol. The largest absolute Gasteiger partial charge is 0.439 e. The molecule has 22 heavy (non-hydrogen) atoms. The van der Waals surface area contributed by atoms with Crippen molar-refractivity contribution in [3.05, 3.63) is 42.4 Å². The molecular formula is C16H20N4O2. The molecule has 0 radical (unpaired) electrons. The number of nitrogens with zero attached hydrogens (tertiary/aromatic N) is 3. The summed E-state index contributed by atoms with van der Waals surface area (Å²) in [6, 6.07) is 9.93. The maximum absolute atomic E-state index is 11.5. The van der Waals surface area contributed by atoms with Crippen LogP contribution in [0, 0.1) is 0 Å². The Morgan fingerprint density at radius 2 is 1.91 bits per heavy atom. The summed E-state index contributed by atoms with van der Waals surface area (Å²) in [7, 11) is 0. The van der Waals surface area contributed by atoms with Gasteiger partial charge in [0.15, 0.2) is 5.76 Å². The first-order valence-corrected chi connectivity index (χ1v) is 7.46. The number of carbonyl (C=O) groups is 1. The summed E-state index contributed by atoms with van der Waals surface area (Å²) in [5.41, 5.74) is 6.42. The van der Waals surface area contributed by atoms with Gasteiger partial charge in [-0.05, 0) is 0 Å². The molecule has 2 heterocycles. The van der Waals surface area contributed by atoms with E-state index in [1.54, 1.807) is 6.20 Å². The van der Waals surface area contributed by atoms with Crippen LogP contribution in [-0.4, -0.2) is 53.4 Å². The van der Waals surface area contributed by atoms with Gasteiger partial charge >= 0.3 is 0 Å². The third-order valence-corrected chi connectivity index (χ3v) is 3.87. The molecule has 1 aliphatic rings. The van der Waals surface area contributed by atoms with Gasteiger partial charge in [-0.2, -0.15) is 0 Å². The van der Waals surface area contributed by atoms with Crippen LogP contribution < -0.4 is 5.73 Å². The molecule has 1 aromatic carbocycles. The first kappa shape index (κ1) is 14.7. The minimum absolute atomic E-state index is 0.0159. The highest BCUT2D eigenvalue weighted by molar-refractivity contribution is 5.78. The van der Waals surface area contributed by atoms with Gasteiger partial charge in [-0.3, -0.25) is 9.69 Å². The van der Waals surface area contributed by atoms with Crippen molar-refractivity contribution >= 4 is 5.91 Å². The number of nitrogens with two attached hydrogens (primary N) is 1. The lowest BCUT2D eigenvalue weighted by atomic mass is 10.2. The molecule has 0 unspecified atom stereocenters. The summed E-state index contributed by atoms with van der Waals surface area (Å²) in [6.07, 6.45) is 1.76. The quantitative estimate of drug-likeness (QED) is 0.909. The van der Waals surface area contributed by atoms with Crippen molar-refractivity contribution in [3.8, 4) is 11.3 Å². The molecule has 1 saturated heterocycles. The van der Waals surface area contributed by atoms with E-state index in [0.717, 1.165) is 24.4 Å². The lowest BCUT2D eigenvalue weighted by Crippen LogP contribution is -2.49. The van der Waals surface area contributed by atoms with Crippen molar-refractivity contribution in [2.75, 3.05) is 32.7 Å². The van der Waals surface area contributed by atoms with Crippen molar-refractivity contribution in [3.63, 3.8) is 0 Å². The molecule has 0 bridgehead atoms. The SMILES string of the molecule is NCC(=O)N1CCN(Cc2ncc(-c3ccccc3)o2)CC1. The highest BCUT2D eigenvalue weighted by Gasteiger charge is 2.21. The fraction of sp³-hybridized carbons (Fsp3) is 0.375. The summed E-state index contributed by atoms with van der Waals surface area (Å²) in [5, 5.41) is 0. The molecule has 3 rings (SSSR count). The van der Waals surface area contributed by atoms with Gasteiger partial charge in [-0.25, -0.2) is 4.98 Å². The zero-order valence-electron chi connectivity index (χ0n) is 12.4. The third-order valence-electron chi connectivity index (χ3n) is 3.87. The Kier molecular flexibility index (Phi) is 4.50. The van der Waals surface area contributed by atoms with E-state index < -0.39 is 0 Å². The normalized spacial score (nSPS) is 16.0. The summed E-state index contributed by atoms with van der Waals surface area (Å²) >= 11 is 0. The number of amides is 1. The Morgan fingerprint density at radius 3 is 2.59 bits per heavy atom. The fourth-order valence-corrected chi connectivity index (χ4v) is 2.60. The first-order chi connectivity index (χ1) is 10.8. The van der Waals surface area contributed by atoms with E-state index in [2.05, 4.69) is 9.88 Å². The molecule has 116 valence electrons. The van der Waals surface area contributed by atoms with E-state index in [1.807, 2.05) is 35.2 Å². The summed E-state index contributed by atoms with van der Waals surface area (Å²) in [5.74, 6) is 1.51. The summed E-state index contributed by atoms with van der Waals surface area (Å²) < 4.78 is 5.81. The molecule has 0 spiro atoms. The molecule has 6 heteroatoms. The molecule has 0 atom stereocenters. The zero-order valence-corrected chi connectivity index (χ0v) is 12.4. The average Bonchev–Trinajstić information content (AvgIpc) is 3.04. The van der Waals surface area contributed by atoms with Gasteiger partial charge in [-0.15, -0.1) is 0 Å². The highest BCUT2D eigenvalue weighted by Crippen LogP contribution is 2.20. The minimum atomic E-state index is 0.0159. The first-order valence-electron chi connectivity index (χ1n) is 7.46.